The smallest absolute Gasteiger partial charge is 0.163 e. The molecular weight excluding hydrogens is 440 g/mol. The predicted octanol–water partition coefficient (Wildman–Crippen LogP) is 6.93. The number of nitrogens with one attached hydrogen (secondary N) is 2. The third kappa shape index (κ3) is 3.47. The summed E-state index contributed by atoms with van der Waals surface area (Å²) in [6, 6.07) is 19.7. The van der Waals surface area contributed by atoms with Gasteiger partial charge in [0.2, 0.25) is 0 Å². The van der Waals surface area contributed by atoms with Crippen molar-refractivity contribution in [1.29, 1.82) is 0 Å². The number of Topliss-reactive ketones (excluding diaryl/α,β-unsaturated/α-hetero) is 1. The van der Waals surface area contributed by atoms with E-state index in [1.807, 2.05) is 60.7 Å². The number of halogens is 1. The summed E-state index contributed by atoms with van der Waals surface area (Å²) < 4.78 is 7.30. The van der Waals surface area contributed by atoms with Crippen LogP contribution in [-0.4, -0.2) is 5.78 Å². The molecule has 0 saturated carbocycles. The van der Waals surface area contributed by atoms with Crippen LogP contribution >= 0.6 is 15.9 Å². The molecule has 1 atom stereocenters. The van der Waals surface area contributed by atoms with Gasteiger partial charge in [-0.15, -0.1) is 0 Å². The lowest BCUT2D eigenvalue weighted by Gasteiger charge is -2.33. The van der Waals surface area contributed by atoms with E-state index in [0.29, 0.717) is 6.42 Å². The molecule has 4 nitrogen and oxygen atoms in total. The number of carbonyl (C=O) groups is 1. The van der Waals surface area contributed by atoms with Crippen LogP contribution in [0.1, 0.15) is 38.5 Å². The SMILES string of the molecule is CC1(C)CC(=O)C2=C(C1)Nc1ccccc1NC2c1ccc(-c2ccc(Br)cc2)o1. The van der Waals surface area contributed by atoms with Gasteiger partial charge < -0.3 is 15.1 Å². The lowest BCUT2D eigenvalue weighted by Crippen LogP contribution is -2.31. The molecule has 0 amide bonds. The molecule has 2 aromatic carbocycles. The van der Waals surface area contributed by atoms with Gasteiger partial charge in [-0.05, 0) is 48.2 Å². The number of hydrogen-bond acceptors (Lipinski definition) is 4. The fourth-order valence-electron chi connectivity index (χ4n) is 4.38. The van der Waals surface area contributed by atoms with Crippen LogP contribution in [0.3, 0.4) is 0 Å². The maximum Gasteiger partial charge on any atom is 0.163 e. The number of anilines is 2. The number of rotatable bonds is 2. The fourth-order valence-corrected chi connectivity index (χ4v) is 4.64. The van der Waals surface area contributed by atoms with Crippen LogP contribution in [0.25, 0.3) is 11.3 Å². The van der Waals surface area contributed by atoms with E-state index in [2.05, 4.69) is 40.4 Å². The predicted molar refractivity (Wildman–Crippen MR) is 123 cm³/mol. The summed E-state index contributed by atoms with van der Waals surface area (Å²) in [5, 5.41) is 7.11. The number of allylic oxidation sites excluding steroid dienone is 1. The molecule has 0 fully saturated rings. The first-order valence-electron chi connectivity index (χ1n) is 10.1. The van der Waals surface area contributed by atoms with E-state index in [1.54, 1.807) is 0 Å². The number of para-hydroxylation sites is 2. The highest BCUT2D eigenvalue weighted by atomic mass is 79.9. The minimum atomic E-state index is -0.330. The van der Waals surface area contributed by atoms with E-state index in [1.165, 1.54) is 0 Å². The minimum absolute atomic E-state index is 0.0709. The summed E-state index contributed by atoms with van der Waals surface area (Å²) in [6.45, 7) is 4.29. The van der Waals surface area contributed by atoms with Gasteiger partial charge in [0.25, 0.3) is 0 Å². The minimum Gasteiger partial charge on any atom is -0.459 e. The molecule has 0 radical (unpaired) electrons. The Balaban J connectivity index is 1.60. The molecule has 1 aliphatic carbocycles. The van der Waals surface area contributed by atoms with Gasteiger partial charge in [-0.25, -0.2) is 0 Å². The van der Waals surface area contributed by atoms with Crippen molar-refractivity contribution in [3.8, 4) is 11.3 Å². The second-order valence-corrected chi connectivity index (χ2v) is 9.71. The summed E-state index contributed by atoms with van der Waals surface area (Å²) in [5.41, 5.74) is 4.64. The molecule has 2 N–H and O–H groups in total. The maximum absolute atomic E-state index is 13.3. The monoisotopic (exact) mass is 462 g/mol. The fraction of sp³-hybridized carbons (Fsp3) is 0.240. The zero-order chi connectivity index (χ0) is 20.9. The zero-order valence-corrected chi connectivity index (χ0v) is 18.5. The highest BCUT2D eigenvalue weighted by Gasteiger charge is 2.39. The van der Waals surface area contributed by atoms with Crippen molar-refractivity contribution in [3.05, 3.63) is 82.2 Å². The van der Waals surface area contributed by atoms with Crippen LogP contribution in [-0.2, 0) is 4.79 Å². The topological polar surface area (TPSA) is 54.3 Å². The van der Waals surface area contributed by atoms with Crippen molar-refractivity contribution < 1.29 is 9.21 Å². The Hall–Kier alpha value is -2.79. The van der Waals surface area contributed by atoms with Crippen LogP contribution < -0.4 is 10.6 Å². The first kappa shape index (κ1) is 19.2. The van der Waals surface area contributed by atoms with E-state index in [-0.39, 0.29) is 17.2 Å². The van der Waals surface area contributed by atoms with Crippen LogP contribution in [0, 0.1) is 5.41 Å². The standard InChI is InChI=1S/C25H23BrN2O2/c1-25(2)13-19-23(20(29)14-25)24(28-18-6-4-3-5-17(18)27-19)22-12-11-21(30-22)15-7-9-16(26)10-8-15/h3-12,24,27-28H,13-14H2,1-2H3. The largest absolute Gasteiger partial charge is 0.459 e. The van der Waals surface area contributed by atoms with Crippen molar-refractivity contribution in [2.45, 2.75) is 32.7 Å². The molecule has 0 bridgehead atoms. The van der Waals surface area contributed by atoms with Gasteiger partial charge in [0.15, 0.2) is 5.78 Å². The van der Waals surface area contributed by atoms with Gasteiger partial charge >= 0.3 is 0 Å². The Bertz CT molecular complexity index is 1160. The number of fused-ring (bicyclic) bond motifs is 1. The van der Waals surface area contributed by atoms with E-state index in [4.69, 9.17) is 4.42 Å². The molecule has 2 heterocycles. The summed E-state index contributed by atoms with van der Waals surface area (Å²) in [7, 11) is 0. The summed E-state index contributed by atoms with van der Waals surface area (Å²) in [5.74, 6) is 1.70. The highest BCUT2D eigenvalue weighted by molar-refractivity contribution is 9.10. The molecule has 1 unspecified atom stereocenters. The third-order valence-electron chi connectivity index (χ3n) is 5.76. The second kappa shape index (κ2) is 7.17. The van der Waals surface area contributed by atoms with E-state index < -0.39 is 0 Å². The van der Waals surface area contributed by atoms with Gasteiger partial charge in [0.1, 0.15) is 17.6 Å². The van der Waals surface area contributed by atoms with Crippen LogP contribution in [0.15, 0.2) is 80.8 Å². The highest BCUT2D eigenvalue weighted by Crippen LogP contribution is 2.46. The molecule has 5 rings (SSSR count). The third-order valence-corrected chi connectivity index (χ3v) is 6.29. The maximum atomic E-state index is 13.3. The number of ketones is 1. The molecule has 1 aromatic heterocycles. The lowest BCUT2D eigenvalue weighted by molar-refractivity contribution is -0.118. The normalized spacial score (nSPS) is 20.0. The van der Waals surface area contributed by atoms with E-state index in [9.17, 15) is 4.79 Å². The van der Waals surface area contributed by atoms with Crippen molar-refractivity contribution in [2.75, 3.05) is 10.6 Å². The summed E-state index contributed by atoms with van der Waals surface area (Å²) >= 11 is 3.47. The van der Waals surface area contributed by atoms with Crippen LogP contribution in [0.4, 0.5) is 11.4 Å². The molecule has 2 aliphatic rings. The van der Waals surface area contributed by atoms with Crippen molar-refractivity contribution in [1.82, 2.24) is 0 Å². The first-order chi connectivity index (χ1) is 14.4. The Morgan fingerprint density at radius 3 is 2.47 bits per heavy atom. The Morgan fingerprint density at radius 1 is 0.967 bits per heavy atom. The Labute approximate surface area is 184 Å². The summed E-state index contributed by atoms with van der Waals surface area (Å²) in [4.78, 5) is 13.3. The van der Waals surface area contributed by atoms with Crippen LogP contribution in [0.5, 0.6) is 0 Å². The van der Waals surface area contributed by atoms with Crippen molar-refractivity contribution >= 4 is 33.1 Å². The first-order valence-corrected chi connectivity index (χ1v) is 10.9. The summed E-state index contributed by atoms with van der Waals surface area (Å²) in [6.07, 6.45) is 1.35. The van der Waals surface area contributed by atoms with E-state index >= 15 is 0 Å². The number of benzene rings is 2. The Morgan fingerprint density at radius 2 is 1.70 bits per heavy atom. The average Bonchev–Trinajstić information content (AvgIpc) is 3.11. The molecule has 5 heteroatoms. The number of carbonyl (C=O) groups excluding carboxylic acids is 1. The van der Waals surface area contributed by atoms with Gasteiger partial charge in [-0.2, -0.15) is 0 Å². The molecule has 3 aromatic rings. The second-order valence-electron chi connectivity index (χ2n) is 8.79. The number of furan rings is 1. The van der Waals surface area contributed by atoms with Crippen LogP contribution in [0.2, 0.25) is 0 Å². The molecule has 0 saturated heterocycles. The van der Waals surface area contributed by atoms with Crippen molar-refractivity contribution in [2.24, 2.45) is 5.41 Å². The quantitative estimate of drug-likeness (QED) is 0.433. The average molecular weight is 463 g/mol. The molecule has 1 aliphatic heterocycles. The molecule has 152 valence electrons. The van der Waals surface area contributed by atoms with Gasteiger partial charge in [0, 0.05) is 27.7 Å². The number of hydrogen-bond donors (Lipinski definition) is 2. The lowest BCUT2D eigenvalue weighted by atomic mass is 9.74. The van der Waals surface area contributed by atoms with Crippen molar-refractivity contribution in [3.63, 3.8) is 0 Å². The van der Waals surface area contributed by atoms with Gasteiger partial charge in [-0.1, -0.05) is 54.0 Å². The van der Waals surface area contributed by atoms with Gasteiger partial charge in [0.05, 0.1) is 11.4 Å². The van der Waals surface area contributed by atoms with E-state index in [0.717, 1.165) is 50.6 Å². The zero-order valence-electron chi connectivity index (χ0n) is 17.0. The molecule has 0 spiro atoms. The molecular formula is C25H23BrN2O2. The Kier molecular flexibility index (Phi) is 4.58. The molecule has 30 heavy (non-hydrogen) atoms. The van der Waals surface area contributed by atoms with Gasteiger partial charge in [-0.3, -0.25) is 4.79 Å².